The number of carbonyl (C=O) groups excluding carboxylic acids is 2. The second-order valence-corrected chi connectivity index (χ2v) is 8.70. The van der Waals surface area contributed by atoms with Crippen LogP contribution in [0.3, 0.4) is 0 Å². The van der Waals surface area contributed by atoms with E-state index in [9.17, 15) is 19.5 Å². The molecule has 0 aliphatic heterocycles. The van der Waals surface area contributed by atoms with Crippen LogP contribution in [-0.4, -0.2) is 66.8 Å². The van der Waals surface area contributed by atoms with Crippen molar-refractivity contribution in [3.63, 3.8) is 0 Å². The fraction of sp³-hybridized carbons (Fsp3) is 0.375. The van der Waals surface area contributed by atoms with Crippen molar-refractivity contribution in [3.05, 3.63) is 59.7 Å². The van der Waals surface area contributed by atoms with Crippen LogP contribution in [0.25, 0.3) is 11.1 Å². The van der Waals surface area contributed by atoms with Gasteiger partial charge in [0.2, 0.25) is 5.91 Å². The summed E-state index contributed by atoms with van der Waals surface area (Å²) in [5.41, 5.74) is 2.96. The normalized spacial score (nSPS) is 13.8. The van der Waals surface area contributed by atoms with Gasteiger partial charge in [0, 0.05) is 12.5 Å². The Morgan fingerprint density at radius 1 is 1.03 bits per heavy atom. The van der Waals surface area contributed by atoms with Gasteiger partial charge in [0.25, 0.3) is 0 Å². The Balaban J connectivity index is 1.68. The second kappa shape index (κ2) is 9.40. The number of rotatable bonds is 8. The molecule has 2 aromatic rings. The van der Waals surface area contributed by atoms with Crippen LogP contribution in [0.2, 0.25) is 0 Å². The number of nitrogens with one attached hydrogen (secondary N) is 2. The maximum atomic E-state index is 12.7. The molecule has 1 atom stereocenters. The van der Waals surface area contributed by atoms with Gasteiger partial charge in [-0.1, -0.05) is 48.5 Å². The number of carboxylic acid groups (broad SMARTS) is 1. The van der Waals surface area contributed by atoms with Crippen molar-refractivity contribution in [1.82, 2.24) is 15.5 Å². The van der Waals surface area contributed by atoms with Gasteiger partial charge in [0.15, 0.2) is 0 Å². The van der Waals surface area contributed by atoms with Gasteiger partial charge in [-0.3, -0.25) is 4.79 Å². The average molecular weight is 440 g/mol. The number of aliphatic carboxylic acids is 1. The zero-order valence-electron chi connectivity index (χ0n) is 18.7. The molecule has 2 amide bonds. The van der Waals surface area contributed by atoms with Gasteiger partial charge in [0.1, 0.15) is 18.2 Å². The molecule has 0 heterocycles. The lowest BCUT2D eigenvalue weighted by atomic mass is 9.98. The number of carboxylic acids is 1. The molecule has 3 N–H and O–H groups in total. The molecule has 0 fully saturated rings. The summed E-state index contributed by atoms with van der Waals surface area (Å²) in [7, 11) is 3.50. The summed E-state index contributed by atoms with van der Waals surface area (Å²) >= 11 is 0. The van der Waals surface area contributed by atoms with Crippen molar-refractivity contribution in [2.45, 2.75) is 31.3 Å². The summed E-state index contributed by atoms with van der Waals surface area (Å²) in [5.74, 6) is -1.87. The van der Waals surface area contributed by atoms with Gasteiger partial charge >= 0.3 is 12.1 Å². The Kier molecular flexibility index (Phi) is 6.84. The highest BCUT2D eigenvalue weighted by Crippen LogP contribution is 2.44. The zero-order valence-corrected chi connectivity index (χ0v) is 18.7. The molecule has 1 aliphatic rings. The van der Waals surface area contributed by atoms with Crippen LogP contribution in [0.4, 0.5) is 4.79 Å². The summed E-state index contributed by atoms with van der Waals surface area (Å²) in [6.45, 7) is 3.07. The predicted octanol–water partition coefficient (Wildman–Crippen LogP) is 2.43. The summed E-state index contributed by atoms with van der Waals surface area (Å²) in [6.07, 6.45) is -0.734. The number of alkyl carbamates (subject to hydrolysis) is 1. The van der Waals surface area contributed by atoms with E-state index in [0.717, 1.165) is 22.3 Å². The SMILES string of the molecule is CN(C)CC(NC(=O)OCC1c2ccccc2-c2ccccc21)C(=O)NC(C)(C)C(=O)O. The Bertz CT molecular complexity index is 973. The van der Waals surface area contributed by atoms with E-state index in [0.29, 0.717) is 0 Å². The summed E-state index contributed by atoms with van der Waals surface area (Å²) in [6, 6.07) is 15.1. The van der Waals surface area contributed by atoms with Crippen LogP contribution in [0.5, 0.6) is 0 Å². The first kappa shape index (κ1) is 23.3. The van der Waals surface area contributed by atoms with Gasteiger partial charge in [-0.05, 0) is 50.2 Å². The standard InChI is InChI=1S/C24H29N3O5/c1-24(2,22(29)30)26-21(28)20(13-27(3)4)25-23(31)32-14-19-17-11-7-5-9-15(17)16-10-6-8-12-18(16)19/h5-12,19-20H,13-14H2,1-4H3,(H,25,31)(H,26,28)(H,29,30). The highest BCUT2D eigenvalue weighted by molar-refractivity contribution is 5.91. The topological polar surface area (TPSA) is 108 Å². The monoisotopic (exact) mass is 439 g/mol. The largest absolute Gasteiger partial charge is 0.480 e. The number of likely N-dealkylation sites (N-methyl/N-ethyl adjacent to an activating group) is 1. The molecule has 170 valence electrons. The molecule has 2 aromatic carbocycles. The summed E-state index contributed by atoms with van der Waals surface area (Å²) in [4.78, 5) is 38.3. The minimum Gasteiger partial charge on any atom is -0.480 e. The highest BCUT2D eigenvalue weighted by atomic mass is 16.5. The second-order valence-electron chi connectivity index (χ2n) is 8.70. The number of hydrogen-bond donors (Lipinski definition) is 3. The first-order chi connectivity index (χ1) is 15.1. The van der Waals surface area contributed by atoms with Crippen LogP contribution >= 0.6 is 0 Å². The fourth-order valence-corrected chi connectivity index (χ4v) is 3.79. The van der Waals surface area contributed by atoms with E-state index < -0.39 is 29.6 Å². The van der Waals surface area contributed by atoms with Crippen LogP contribution in [0.1, 0.15) is 30.9 Å². The lowest BCUT2D eigenvalue weighted by Crippen LogP contribution is -2.58. The van der Waals surface area contributed by atoms with Gasteiger partial charge in [-0.25, -0.2) is 9.59 Å². The number of amides is 2. The van der Waals surface area contributed by atoms with E-state index in [2.05, 4.69) is 22.8 Å². The summed E-state index contributed by atoms with van der Waals surface area (Å²) < 4.78 is 5.51. The minimum absolute atomic E-state index is 0.0970. The highest BCUT2D eigenvalue weighted by Gasteiger charge is 2.33. The molecule has 32 heavy (non-hydrogen) atoms. The van der Waals surface area contributed by atoms with E-state index in [1.165, 1.54) is 13.8 Å². The number of fused-ring (bicyclic) bond motifs is 3. The molecule has 8 nitrogen and oxygen atoms in total. The summed E-state index contributed by atoms with van der Waals surface area (Å²) in [5, 5.41) is 14.3. The van der Waals surface area contributed by atoms with Gasteiger partial charge in [-0.2, -0.15) is 0 Å². The van der Waals surface area contributed by atoms with Crippen LogP contribution in [-0.2, 0) is 14.3 Å². The van der Waals surface area contributed by atoms with Crippen LogP contribution in [0.15, 0.2) is 48.5 Å². The molecule has 8 heteroatoms. The van der Waals surface area contributed by atoms with Gasteiger partial charge < -0.3 is 25.4 Å². The Hall–Kier alpha value is -3.39. The molecule has 0 aromatic heterocycles. The predicted molar refractivity (Wildman–Crippen MR) is 120 cm³/mol. The third kappa shape index (κ3) is 5.08. The average Bonchev–Trinajstić information content (AvgIpc) is 3.05. The van der Waals surface area contributed by atoms with E-state index in [1.807, 2.05) is 36.4 Å². The number of nitrogens with zero attached hydrogens (tertiary/aromatic N) is 1. The van der Waals surface area contributed by atoms with Crippen molar-refractivity contribution in [2.75, 3.05) is 27.2 Å². The van der Waals surface area contributed by atoms with Crippen LogP contribution < -0.4 is 10.6 Å². The smallest absolute Gasteiger partial charge is 0.407 e. The third-order valence-electron chi connectivity index (χ3n) is 5.47. The lowest BCUT2D eigenvalue weighted by Gasteiger charge is -2.27. The number of hydrogen-bond acceptors (Lipinski definition) is 5. The van der Waals surface area contributed by atoms with Crippen molar-refractivity contribution in [2.24, 2.45) is 0 Å². The molecular weight excluding hydrogens is 410 g/mol. The van der Waals surface area contributed by atoms with Gasteiger partial charge in [0.05, 0.1) is 0 Å². The Labute approximate surface area is 187 Å². The van der Waals surface area contributed by atoms with Crippen molar-refractivity contribution < 1.29 is 24.2 Å². The first-order valence-corrected chi connectivity index (χ1v) is 10.4. The van der Waals surface area contributed by atoms with E-state index >= 15 is 0 Å². The molecule has 0 saturated carbocycles. The number of carbonyl (C=O) groups is 3. The number of ether oxygens (including phenoxy) is 1. The molecule has 0 spiro atoms. The maximum absolute atomic E-state index is 12.7. The lowest BCUT2D eigenvalue weighted by molar-refractivity contribution is -0.146. The Morgan fingerprint density at radius 3 is 2.06 bits per heavy atom. The quantitative estimate of drug-likeness (QED) is 0.583. The molecular formula is C24H29N3O5. The molecule has 0 radical (unpaired) electrons. The molecule has 3 rings (SSSR count). The molecule has 1 aliphatic carbocycles. The van der Waals surface area contributed by atoms with E-state index in [-0.39, 0.29) is 19.1 Å². The van der Waals surface area contributed by atoms with Gasteiger partial charge in [-0.15, -0.1) is 0 Å². The van der Waals surface area contributed by atoms with Crippen molar-refractivity contribution in [3.8, 4) is 11.1 Å². The molecule has 0 bridgehead atoms. The molecule has 1 unspecified atom stereocenters. The Morgan fingerprint density at radius 2 is 1.56 bits per heavy atom. The minimum atomic E-state index is -1.47. The first-order valence-electron chi connectivity index (χ1n) is 10.4. The third-order valence-corrected chi connectivity index (χ3v) is 5.47. The van der Waals surface area contributed by atoms with E-state index in [4.69, 9.17) is 4.74 Å². The van der Waals surface area contributed by atoms with Crippen LogP contribution in [0, 0.1) is 0 Å². The number of benzene rings is 2. The molecule has 0 saturated heterocycles. The maximum Gasteiger partial charge on any atom is 0.407 e. The fourth-order valence-electron chi connectivity index (χ4n) is 3.79. The van der Waals surface area contributed by atoms with Crippen molar-refractivity contribution >= 4 is 18.0 Å². The van der Waals surface area contributed by atoms with Crippen molar-refractivity contribution in [1.29, 1.82) is 0 Å². The van der Waals surface area contributed by atoms with E-state index in [1.54, 1.807) is 19.0 Å². The zero-order chi connectivity index (χ0) is 23.5.